The van der Waals surface area contributed by atoms with E-state index < -0.39 is 23.5 Å². The van der Waals surface area contributed by atoms with E-state index in [2.05, 4.69) is 41.8 Å². The quantitative estimate of drug-likeness (QED) is 0.184. The maximum atomic E-state index is 11.7. The van der Waals surface area contributed by atoms with E-state index in [9.17, 15) is 17.2 Å². The lowest BCUT2D eigenvalue weighted by Crippen LogP contribution is -2.12. The van der Waals surface area contributed by atoms with Gasteiger partial charge in [0.25, 0.3) is 10.1 Å². The van der Waals surface area contributed by atoms with Gasteiger partial charge >= 0.3 is 0 Å². The van der Waals surface area contributed by atoms with Crippen molar-refractivity contribution in [1.29, 1.82) is 0 Å². The number of ether oxygens (including phenoxy) is 3. The Morgan fingerprint density at radius 2 is 1.36 bits per heavy atom. The van der Waals surface area contributed by atoms with Crippen molar-refractivity contribution in [3.63, 3.8) is 0 Å². The molecule has 9 nitrogen and oxygen atoms in total. The van der Waals surface area contributed by atoms with E-state index in [-0.39, 0.29) is 37.1 Å². The number of nitrogens with zero attached hydrogens (tertiary/aromatic N) is 2. The van der Waals surface area contributed by atoms with Gasteiger partial charge < -0.3 is 19.3 Å². The fraction of sp³-hybridized carbons (Fsp3) is 0.360. The first kappa shape index (κ1) is 34.8. The van der Waals surface area contributed by atoms with Crippen LogP contribution in [-0.4, -0.2) is 76.5 Å². The van der Waals surface area contributed by atoms with Crippen LogP contribution in [0.3, 0.4) is 0 Å². The summed E-state index contributed by atoms with van der Waals surface area (Å²) in [5.74, 6) is 0.850. The molecular weight excluding hydrogens is 670 g/mol. The summed E-state index contributed by atoms with van der Waals surface area (Å²) < 4.78 is 67.9. The number of hydrogen-bond donors (Lipinski definition) is 1. The Balaban J connectivity index is 0.000000310. The number of pyridine rings is 2. The van der Waals surface area contributed by atoms with Gasteiger partial charge in [-0.2, -0.15) is 8.42 Å². The van der Waals surface area contributed by atoms with E-state index in [4.69, 9.17) is 23.5 Å². The summed E-state index contributed by atoms with van der Waals surface area (Å²) in [5.41, 5.74) is 0.968. The summed E-state index contributed by atoms with van der Waals surface area (Å²) in [4.78, 5) is 7.72. The molecule has 0 fully saturated rings. The van der Waals surface area contributed by atoms with Crippen LogP contribution in [0.5, 0.6) is 11.5 Å². The maximum absolute atomic E-state index is 11.7. The Labute approximate surface area is 243 Å². The molecule has 0 aliphatic heterocycles. The highest BCUT2D eigenvalue weighted by atomic mass is 79.9. The lowest BCUT2D eigenvalue weighted by molar-refractivity contribution is 0.0896. The Bertz CT molecular complexity index is 1160. The highest BCUT2D eigenvalue weighted by Crippen LogP contribution is 2.16. The lowest BCUT2D eigenvalue weighted by Gasteiger charge is -2.06. The Hall–Kier alpha value is -2.23. The zero-order valence-electron chi connectivity index (χ0n) is 21.1. The monoisotopic (exact) mass is 698 g/mol. The summed E-state index contributed by atoms with van der Waals surface area (Å²) >= 11 is 6.41. The summed E-state index contributed by atoms with van der Waals surface area (Å²) in [6, 6.07) is 9.72. The topological polar surface area (TPSA) is 117 Å². The second-order valence-corrected chi connectivity index (χ2v) is 10.7. The molecule has 0 bridgehead atoms. The maximum Gasteiger partial charge on any atom is 0.297 e. The van der Waals surface area contributed by atoms with E-state index in [0.717, 1.165) is 14.5 Å². The van der Waals surface area contributed by atoms with Crippen LogP contribution in [0.2, 0.25) is 0 Å². The average molecular weight is 700 g/mol. The van der Waals surface area contributed by atoms with Crippen molar-refractivity contribution in [3.8, 4) is 11.5 Å². The highest BCUT2D eigenvalue weighted by Gasteiger charge is 2.14. The van der Waals surface area contributed by atoms with E-state index >= 15 is 0 Å². The molecule has 0 aliphatic carbocycles. The van der Waals surface area contributed by atoms with Crippen molar-refractivity contribution in [1.82, 2.24) is 9.97 Å². The number of aromatic nitrogens is 2. The van der Waals surface area contributed by atoms with Crippen LogP contribution in [0.1, 0.15) is 5.56 Å². The van der Waals surface area contributed by atoms with Crippen molar-refractivity contribution in [2.24, 2.45) is 0 Å². The van der Waals surface area contributed by atoms with Crippen molar-refractivity contribution < 1.29 is 40.7 Å². The van der Waals surface area contributed by atoms with Gasteiger partial charge in [0.05, 0.1) is 50.3 Å². The minimum Gasteiger partial charge on any atom is -0.506 e. The molecule has 0 radical (unpaired) electrons. The van der Waals surface area contributed by atoms with Gasteiger partial charge in [-0.05, 0) is 63.0 Å². The molecule has 0 amide bonds. The van der Waals surface area contributed by atoms with Gasteiger partial charge in [-0.3, -0.25) is 14.2 Å². The molecule has 0 aliphatic rings. The van der Waals surface area contributed by atoms with Gasteiger partial charge in [0, 0.05) is 21.3 Å². The summed E-state index contributed by atoms with van der Waals surface area (Å²) in [7, 11) is -3.74. The van der Waals surface area contributed by atoms with Crippen molar-refractivity contribution >= 4 is 42.0 Å². The number of halogens is 4. The molecule has 0 unspecified atom stereocenters. The van der Waals surface area contributed by atoms with Crippen LogP contribution in [0.15, 0.2) is 75.0 Å². The number of rotatable bonds is 13. The van der Waals surface area contributed by atoms with Crippen LogP contribution in [-0.2, 0) is 23.8 Å². The molecule has 1 aromatic carbocycles. The van der Waals surface area contributed by atoms with Gasteiger partial charge in [-0.25, -0.2) is 8.78 Å². The smallest absolute Gasteiger partial charge is 0.297 e. The molecule has 39 heavy (non-hydrogen) atoms. The predicted molar refractivity (Wildman–Crippen MR) is 149 cm³/mol. The first-order chi connectivity index (χ1) is 18.7. The molecule has 0 atom stereocenters. The summed E-state index contributed by atoms with van der Waals surface area (Å²) in [6.45, 7) is 1.61. The average Bonchev–Trinajstić information content (AvgIpc) is 2.89. The van der Waals surface area contributed by atoms with E-state index in [1.807, 2.05) is 13.0 Å². The van der Waals surface area contributed by atoms with Crippen molar-refractivity contribution in [2.75, 3.05) is 53.0 Å². The summed E-state index contributed by atoms with van der Waals surface area (Å²) in [5, 5.41) is 8.72. The van der Waals surface area contributed by atoms with Crippen LogP contribution < -0.4 is 4.74 Å². The Morgan fingerprint density at radius 1 is 0.795 bits per heavy atom. The zero-order chi connectivity index (χ0) is 28.9. The van der Waals surface area contributed by atoms with Crippen molar-refractivity contribution in [3.05, 3.63) is 75.7 Å². The molecule has 2 heterocycles. The van der Waals surface area contributed by atoms with Gasteiger partial charge in [-0.15, -0.1) is 0 Å². The SMILES string of the molecule is Cc1ccc(S(=O)(=O)OCCOCCF)cc1.FCCOCCOc1cncc(Br)c1.Oc1cncc(Br)c1. The third kappa shape index (κ3) is 17.2. The molecule has 3 aromatic rings. The van der Waals surface area contributed by atoms with E-state index in [1.54, 1.807) is 36.8 Å². The fourth-order valence-electron chi connectivity index (χ4n) is 2.38. The van der Waals surface area contributed by atoms with Gasteiger partial charge in [-0.1, -0.05) is 17.7 Å². The lowest BCUT2D eigenvalue weighted by atomic mass is 10.2. The third-order valence-corrected chi connectivity index (χ3v) is 6.28. The first-order valence-electron chi connectivity index (χ1n) is 11.4. The number of benzene rings is 1. The molecule has 0 saturated carbocycles. The minimum atomic E-state index is -3.74. The second-order valence-electron chi connectivity index (χ2n) is 7.24. The molecule has 2 aromatic heterocycles. The minimum absolute atomic E-state index is 0.0477. The Kier molecular flexibility index (Phi) is 18.4. The highest BCUT2D eigenvalue weighted by molar-refractivity contribution is 9.10. The fourth-order valence-corrected chi connectivity index (χ4v) is 3.97. The molecule has 0 spiro atoms. The molecule has 14 heteroatoms. The van der Waals surface area contributed by atoms with E-state index in [1.165, 1.54) is 18.3 Å². The van der Waals surface area contributed by atoms with Gasteiger partial charge in [0.15, 0.2) is 0 Å². The van der Waals surface area contributed by atoms with Crippen LogP contribution in [0, 0.1) is 6.92 Å². The summed E-state index contributed by atoms with van der Waals surface area (Å²) in [6.07, 6.45) is 6.27. The number of aromatic hydroxyl groups is 1. The number of alkyl halides is 2. The van der Waals surface area contributed by atoms with E-state index in [0.29, 0.717) is 19.0 Å². The zero-order valence-corrected chi connectivity index (χ0v) is 25.1. The van der Waals surface area contributed by atoms with Gasteiger partial charge in [0.1, 0.15) is 31.5 Å². The molecule has 216 valence electrons. The van der Waals surface area contributed by atoms with Crippen LogP contribution in [0.25, 0.3) is 0 Å². The third-order valence-electron chi connectivity index (χ3n) is 4.09. The molecular formula is C25H30Br2F2N2O7S. The second kappa shape index (κ2) is 20.6. The van der Waals surface area contributed by atoms with Crippen LogP contribution >= 0.6 is 31.9 Å². The molecule has 1 N–H and O–H groups in total. The predicted octanol–water partition coefficient (Wildman–Crippen LogP) is 5.45. The molecule has 0 saturated heterocycles. The Morgan fingerprint density at radius 3 is 1.87 bits per heavy atom. The molecule has 3 rings (SSSR count). The van der Waals surface area contributed by atoms with Crippen LogP contribution in [0.4, 0.5) is 8.78 Å². The van der Waals surface area contributed by atoms with Crippen molar-refractivity contribution in [2.45, 2.75) is 11.8 Å². The largest absolute Gasteiger partial charge is 0.506 e. The first-order valence-corrected chi connectivity index (χ1v) is 14.4. The number of hydrogen-bond acceptors (Lipinski definition) is 9. The van der Waals surface area contributed by atoms with Gasteiger partial charge in [0.2, 0.25) is 0 Å². The standard InChI is InChI=1S/C11H15FO4S.C9H11BrFNO2.C5H4BrNO/c1-10-2-4-11(5-3-10)17(13,14)16-9-8-15-7-6-12;10-8-5-9(7-12-6-8)14-4-3-13-2-1-11;6-4-1-5(8)3-7-2-4/h2-5H,6-9H2,1H3;5-7H,1-4H2;1-3,8H. The number of aryl methyl sites for hydroxylation is 1. The normalized spacial score (nSPS) is 10.6.